The van der Waals surface area contributed by atoms with Crippen LogP contribution in [0.25, 0.3) is 0 Å². The zero-order chi connectivity index (χ0) is 12.8. The van der Waals surface area contributed by atoms with E-state index in [2.05, 4.69) is 0 Å². The molecule has 0 unspecified atom stereocenters. The van der Waals surface area contributed by atoms with Crippen molar-refractivity contribution in [3.8, 4) is 0 Å². The number of nitrogens with one attached hydrogen (secondary N) is 2. The number of benzene rings is 1. The number of quaternary nitrogens is 1. The standard InChI is InChI=1S/C12H14ClFN2S/c1-16(2)7-6-12(15)17-8-9-10(13)4-3-5-11(9)14/h3-7,15H,8H2,1-2H3/p+1/b7-6+,15-12?. The Kier molecular flexibility index (Phi) is 5.68. The summed E-state index contributed by atoms with van der Waals surface area (Å²) in [7, 11) is 3.92. The van der Waals surface area contributed by atoms with Crippen LogP contribution in [-0.2, 0) is 5.75 Å². The highest BCUT2D eigenvalue weighted by Crippen LogP contribution is 2.24. The minimum absolute atomic E-state index is 0.319. The SMILES string of the molecule is C[NH+](C)/C=C/C(=N)SCc1c(F)cccc1Cl. The van der Waals surface area contributed by atoms with Crippen molar-refractivity contribution in [3.63, 3.8) is 0 Å². The van der Waals surface area contributed by atoms with E-state index in [9.17, 15) is 4.39 Å². The normalized spacial score (nSPS) is 11.4. The molecule has 92 valence electrons. The van der Waals surface area contributed by atoms with E-state index >= 15 is 0 Å². The van der Waals surface area contributed by atoms with Crippen LogP contribution < -0.4 is 4.90 Å². The van der Waals surface area contributed by atoms with Gasteiger partial charge in [-0.25, -0.2) is 4.39 Å². The molecule has 1 rings (SSSR count). The van der Waals surface area contributed by atoms with Gasteiger partial charge < -0.3 is 4.90 Å². The highest BCUT2D eigenvalue weighted by molar-refractivity contribution is 8.13. The topological polar surface area (TPSA) is 28.3 Å². The molecule has 0 saturated carbocycles. The highest BCUT2D eigenvalue weighted by Gasteiger charge is 2.07. The molecular weight excluding hydrogens is 259 g/mol. The summed E-state index contributed by atoms with van der Waals surface area (Å²) in [5.74, 6) is 0.0530. The molecule has 0 fully saturated rings. The van der Waals surface area contributed by atoms with Gasteiger partial charge in [0.05, 0.1) is 25.3 Å². The molecule has 0 atom stereocenters. The van der Waals surface area contributed by atoms with Gasteiger partial charge >= 0.3 is 0 Å². The average Bonchev–Trinajstić information content (AvgIpc) is 2.25. The summed E-state index contributed by atoms with van der Waals surface area (Å²) in [6.45, 7) is 0. The Balaban J connectivity index is 2.59. The average molecular weight is 274 g/mol. The van der Waals surface area contributed by atoms with Crippen LogP contribution in [0.2, 0.25) is 5.02 Å². The van der Waals surface area contributed by atoms with Crippen molar-refractivity contribution in [2.45, 2.75) is 5.75 Å². The molecule has 0 bridgehead atoms. The van der Waals surface area contributed by atoms with Crippen LogP contribution in [-0.4, -0.2) is 19.1 Å². The molecule has 0 spiro atoms. The number of rotatable bonds is 4. The Morgan fingerprint density at radius 1 is 1.53 bits per heavy atom. The molecular formula is C12H15ClFN2S+. The Morgan fingerprint density at radius 3 is 2.82 bits per heavy atom. The maximum atomic E-state index is 13.4. The number of hydrogen-bond donors (Lipinski definition) is 2. The molecule has 0 aliphatic rings. The summed E-state index contributed by atoms with van der Waals surface area (Å²) in [4.78, 5) is 1.12. The fourth-order valence-electron chi connectivity index (χ4n) is 1.11. The Bertz CT molecular complexity index is 412. The molecule has 0 aliphatic carbocycles. The van der Waals surface area contributed by atoms with E-state index in [4.69, 9.17) is 17.0 Å². The lowest BCUT2D eigenvalue weighted by molar-refractivity contribution is -0.801. The van der Waals surface area contributed by atoms with Gasteiger partial charge in [-0.15, -0.1) is 11.8 Å². The minimum atomic E-state index is -0.319. The highest BCUT2D eigenvalue weighted by atomic mass is 35.5. The summed E-state index contributed by atoms with van der Waals surface area (Å²) in [5.41, 5.74) is 0.453. The maximum Gasteiger partial charge on any atom is 0.128 e. The molecule has 1 aromatic rings. The lowest BCUT2D eigenvalue weighted by Gasteiger charge is -2.04. The van der Waals surface area contributed by atoms with E-state index in [0.717, 1.165) is 4.90 Å². The van der Waals surface area contributed by atoms with Gasteiger partial charge in [-0.2, -0.15) is 0 Å². The van der Waals surface area contributed by atoms with Gasteiger partial charge in [0.2, 0.25) is 0 Å². The molecule has 5 heteroatoms. The van der Waals surface area contributed by atoms with Crippen LogP contribution >= 0.6 is 23.4 Å². The first-order valence-corrected chi connectivity index (χ1v) is 6.49. The van der Waals surface area contributed by atoms with Crippen LogP contribution in [0.1, 0.15) is 5.56 Å². The predicted octanol–water partition coefficient (Wildman–Crippen LogP) is 2.35. The molecule has 0 heterocycles. The summed E-state index contributed by atoms with van der Waals surface area (Å²) < 4.78 is 13.4. The van der Waals surface area contributed by atoms with E-state index in [1.54, 1.807) is 18.2 Å². The third-order valence-electron chi connectivity index (χ3n) is 2.00. The first-order valence-electron chi connectivity index (χ1n) is 5.13. The zero-order valence-corrected chi connectivity index (χ0v) is 11.3. The molecule has 0 radical (unpaired) electrons. The fraction of sp³-hybridized carbons (Fsp3) is 0.250. The molecule has 0 saturated heterocycles. The summed E-state index contributed by atoms with van der Waals surface area (Å²) in [5, 5.41) is 8.47. The molecule has 0 aliphatic heterocycles. The largest absolute Gasteiger partial charge is 0.313 e. The zero-order valence-electron chi connectivity index (χ0n) is 9.76. The van der Waals surface area contributed by atoms with Crippen LogP contribution in [0.15, 0.2) is 30.5 Å². The predicted molar refractivity (Wildman–Crippen MR) is 72.4 cm³/mol. The van der Waals surface area contributed by atoms with Crippen LogP contribution in [0.3, 0.4) is 0 Å². The van der Waals surface area contributed by atoms with E-state index in [-0.39, 0.29) is 5.82 Å². The minimum Gasteiger partial charge on any atom is -0.313 e. The van der Waals surface area contributed by atoms with Gasteiger partial charge in [0.25, 0.3) is 0 Å². The van der Waals surface area contributed by atoms with E-state index in [0.29, 0.717) is 21.4 Å². The third-order valence-corrected chi connectivity index (χ3v) is 3.24. The third kappa shape index (κ3) is 4.89. The first kappa shape index (κ1) is 14.2. The number of hydrogen-bond acceptors (Lipinski definition) is 2. The Hall–Kier alpha value is -0.840. The van der Waals surface area contributed by atoms with Crippen molar-refractivity contribution in [3.05, 3.63) is 46.9 Å². The number of halogens is 2. The Labute approximate surface area is 110 Å². The summed E-state index contributed by atoms with van der Waals surface area (Å²) >= 11 is 7.15. The first-order chi connectivity index (χ1) is 8.00. The molecule has 0 amide bonds. The molecule has 0 aromatic heterocycles. The van der Waals surface area contributed by atoms with Crippen molar-refractivity contribution >= 4 is 28.4 Å². The monoisotopic (exact) mass is 273 g/mol. The van der Waals surface area contributed by atoms with E-state index in [1.165, 1.54) is 17.8 Å². The van der Waals surface area contributed by atoms with Gasteiger partial charge in [-0.05, 0) is 12.1 Å². The van der Waals surface area contributed by atoms with Crippen molar-refractivity contribution in [1.82, 2.24) is 0 Å². The number of thioether (sulfide) groups is 1. The van der Waals surface area contributed by atoms with E-state index < -0.39 is 0 Å². The Morgan fingerprint density at radius 2 is 2.24 bits per heavy atom. The summed E-state index contributed by atoms with van der Waals surface area (Å²) in [6, 6.07) is 4.61. The van der Waals surface area contributed by atoms with Crippen molar-refractivity contribution < 1.29 is 9.29 Å². The smallest absolute Gasteiger partial charge is 0.128 e. The van der Waals surface area contributed by atoms with Gasteiger partial charge in [-0.1, -0.05) is 17.7 Å². The summed E-state index contributed by atoms with van der Waals surface area (Å²) in [6.07, 6.45) is 3.56. The second-order valence-electron chi connectivity index (χ2n) is 3.76. The second-order valence-corrected chi connectivity index (χ2v) is 5.19. The van der Waals surface area contributed by atoms with E-state index in [1.807, 2.05) is 20.3 Å². The van der Waals surface area contributed by atoms with Crippen molar-refractivity contribution in [1.29, 1.82) is 5.41 Å². The van der Waals surface area contributed by atoms with Gasteiger partial charge in [0, 0.05) is 22.4 Å². The fourth-order valence-corrected chi connectivity index (χ4v) is 2.18. The molecule has 17 heavy (non-hydrogen) atoms. The van der Waals surface area contributed by atoms with Gasteiger partial charge in [0.1, 0.15) is 5.82 Å². The van der Waals surface area contributed by atoms with Crippen molar-refractivity contribution in [2.75, 3.05) is 14.1 Å². The van der Waals surface area contributed by atoms with Crippen LogP contribution in [0, 0.1) is 11.2 Å². The quantitative estimate of drug-likeness (QED) is 0.640. The molecule has 1 aromatic carbocycles. The lowest BCUT2D eigenvalue weighted by atomic mass is 10.2. The lowest BCUT2D eigenvalue weighted by Crippen LogP contribution is -3.00. The van der Waals surface area contributed by atoms with Crippen molar-refractivity contribution in [2.24, 2.45) is 0 Å². The maximum absolute atomic E-state index is 13.4. The molecule has 2 nitrogen and oxygen atoms in total. The van der Waals surface area contributed by atoms with Gasteiger partial charge in [-0.3, -0.25) is 5.41 Å². The van der Waals surface area contributed by atoms with Crippen LogP contribution in [0.4, 0.5) is 4.39 Å². The molecule has 2 N–H and O–H groups in total. The second kappa shape index (κ2) is 6.79. The van der Waals surface area contributed by atoms with Gasteiger partial charge in [0.15, 0.2) is 0 Å². The van der Waals surface area contributed by atoms with Crippen LogP contribution in [0.5, 0.6) is 0 Å².